The monoisotopic (exact) mass is 395 g/mol. The van der Waals surface area contributed by atoms with Crippen LogP contribution in [0, 0.1) is 0 Å². The Morgan fingerprint density at radius 3 is 1.58 bits per heavy atom. The Morgan fingerprint density at radius 1 is 0.731 bits per heavy atom. The van der Waals surface area contributed by atoms with Crippen LogP contribution in [0.3, 0.4) is 0 Å². The molecular weight excluding hydrogens is 364 g/mol. The molecule has 4 rings (SSSR count). The molecular formula is C24H31SiTi. The summed E-state index contributed by atoms with van der Waals surface area (Å²) in [6, 6.07) is 21.2. The van der Waals surface area contributed by atoms with Gasteiger partial charge in [-0.25, -0.2) is 0 Å². The van der Waals surface area contributed by atoms with Gasteiger partial charge < -0.3 is 0 Å². The summed E-state index contributed by atoms with van der Waals surface area (Å²) in [5, 5.41) is 5.63. The van der Waals surface area contributed by atoms with E-state index in [9.17, 15) is 0 Å². The minimum atomic E-state index is -2.95. The molecule has 26 heavy (non-hydrogen) atoms. The van der Waals surface area contributed by atoms with Crippen LogP contribution in [0.5, 0.6) is 0 Å². The first kappa shape index (κ1) is 18.2. The van der Waals surface area contributed by atoms with E-state index in [1.54, 1.807) is 11.1 Å². The number of fused-ring (bicyclic) bond motifs is 2. The van der Waals surface area contributed by atoms with Gasteiger partial charge in [-0.1, -0.05) is 0 Å². The summed E-state index contributed by atoms with van der Waals surface area (Å²) in [6.07, 6.45) is 10.0. The van der Waals surface area contributed by atoms with Gasteiger partial charge >= 0.3 is 161 Å². The average Bonchev–Trinajstić information content (AvgIpc) is 3.28. The van der Waals surface area contributed by atoms with E-state index in [2.05, 4.69) is 97.1 Å². The second-order valence-corrected chi connectivity index (χ2v) is 34.0. The van der Waals surface area contributed by atoms with E-state index in [1.165, 1.54) is 23.2 Å². The van der Waals surface area contributed by atoms with Crippen LogP contribution in [0.15, 0.2) is 60.7 Å². The van der Waals surface area contributed by atoms with Crippen LogP contribution >= 0.6 is 0 Å². The summed E-state index contributed by atoms with van der Waals surface area (Å²) in [4.78, 5) is 0. The SMILES string of the molecule is CC[SiH](CC)[Ti]([CH3])([CH3])([CH]1C=Cc2ccccc21)[CH]1C=Cc2ccccc21. The van der Waals surface area contributed by atoms with Gasteiger partial charge in [0, 0.05) is 0 Å². The Labute approximate surface area is 160 Å². The molecule has 0 spiro atoms. The normalized spacial score (nSPS) is 22.3. The summed E-state index contributed by atoms with van der Waals surface area (Å²) in [6.45, 7) is 4.08. The van der Waals surface area contributed by atoms with Crippen LogP contribution in [-0.2, 0) is 14.6 Å². The van der Waals surface area contributed by atoms with Gasteiger partial charge in [-0.2, -0.15) is 0 Å². The predicted molar refractivity (Wildman–Crippen MR) is 116 cm³/mol. The molecule has 0 aromatic heterocycles. The molecule has 0 amide bonds. The van der Waals surface area contributed by atoms with E-state index in [1.807, 2.05) is 0 Å². The molecule has 0 fully saturated rings. The molecule has 135 valence electrons. The summed E-state index contributed by atoms with van der Waals surface area (Å²) >= 11 is -2.95. The van der Waals surface area contributed by atoms with Crippen molar-refractivity contribution < 1.29 is 14.6 Å². The van der Waals surface area contributed by atoms with E-state index < -0.39 is 21.2 Å². The molecule has 2 aliphatic carbocycles. The van der Waals surface area contributed by atoms with Gasteiger partial charge in [-0.3, -0.25) is 0 Å². The van der Waals surface area contributed by atoms with Crippen molar-refractivity contribution in [3.05, 3.63) is 82.9 Å². The third kappa shape index (κ3) is 2.44. The van der Waals surface area contributed by atoms with Crippen molar-refractivity contribution in [1.82, 2.24) is 0 Å². The van der Waals surface area contributed by atoms with Crippen LogP contribution in [0.2, 0.25) is 22.5 Å². The number of hydrogen-bond acceptors (Lipinski definition) is 0. The number of allylic oxidation sites excluding steroid dienone is 2. The molecule has 0 heterocycles. The molecule has 0 saturated heterocycles. The van der Waals surface area contributed by atoms with Gasteiger partial charge in [-0.15, -0.1) is 0 Å². The Bertz CT molecular complexity index is 823. The van der Waals surface area contributed by atoms with Crippen molar-refractivity contribution in [2.75, 3.05) is 0 Å². The summed E-state index contributed by atoms with van der Waals surface area (Å²) in [5.41, 5.74) is 6.16. The van der Waals surface area contributed by atoms with Crippen molar-refractivity contribution in [3.8, 4) is 0 Å². The zero-order valence-corrected chi connectivity index (χ0v) is 19.3. The van der Waals surface area contributed by atoms with E-state index >= 15 is 0 Å². The number of rotatable bonds is 5. The fraction of sp³-hybridized carbons (Fsp3) is 0.333. The van der Waals surface area contributed by atoms with E-state index in [4.69, 9.17) is 0 Å². The van der Waals surface area contributed by atoms with Crippen LogP contribution < -0.4 is 0 Å². The van der Waals surface area contributed by atoms with Crippen molar-refractivity contribution in [2.24, 2.45) is 0 Å². The summed E-state index contributed by atoms with van der Waals surface area (Å²) in [5.74, 6) is 0. The van der Waals surface area contributed by atoms with E-state index in [0.29, 0.717) is 8.45 Å². The summed E-state index contributed by atoms with van der Waals surface area (Å²) in [7, 11) is 0. The molecule has 2 aromatic carbocycles. The van der Waals surface area contributed by atoms with E-state index in [-0.39, 0.29) is 0 Å². The third-order valence-electron chi connectivity index (χ3n) is 7.83. The van der Waals surface area contributed by atoms with Gasteiger partial charge in [0.2, 0.25) is 0 Å². The first-order valence-corrected chi connectivity index (χ1v) is 20.1. The van der Waals surface area contributed by atoms with Gasteiger partial charge in [0.05, 0.1) is 0 Å². The topological polar surface area (TPSA) is 0 Å². The predicted octanol–water partition coefficient (Wildman–Crippen LogP) is 7.07. The quantitative estimate of drug-likeness (QED) is 0.475. The molecule has 0 nitrogen and oxygen atoms in total. The standard InChI is InChI=1S/2C9H7.C4H11Si.2CH3.Ti/c2*1-2-5-9-7-3-6-8(9)4-1;1-3-5-4-2;;;/h2*1-7H;5H,3-4H2,1-2H3;2*1H3;. The molecule has 2 aliphatic rings. The van der Waals surface area contributed by atoms with Crippen LogP contribution in [0.4, 0.5) is 0 Å². The van der Waals surface area contributed by atoms with Crippen LogP contribution in [0.1, 0.15) is 44.5 Å². The fourth-order valence-electron chi connectivity index (χ4n) is 6.37. The van der Waals surface area contributed by atoms with Gasteiger partial charge in [-0.05, 0) is 0 Å². The number of benzene rings is 2. The van der Waals surface area contributed by atoms with Gasteiger partial charge in [0.25, 0.3) is 0 Å². The molecule has 0 saturated carbocycles. The van der Waals surface area contributed by atoms with Crippen LogP contribution in [0.25, 0.3) is 12.2 Å². The first-order chi connectivity index (χ1) is 12.5. The Hall–Kier alpha value is -1.15. The maximum absolute atomic E-state index is 2.95. The molecule has 2 aromatic rings. The zero-order chi connectivity index (χ0) is 18.4. The number of hydrogen-bond donors (Lipinski definition) is 0. The average molecular weight is 395 g/mol. The third-order valence-corrected chi connectivity index (χ3v) is 38.9. The van der Waals surface area contributed by atoms with Crippen molar-refractivity contribution >= 4 is 18.8 Å². The molecule has 0 bridgehead atoms. The second-order valence-electron chi connectivity index (χ2n) is 9.18. The second kappa shape index (κ2) is 6.48. The van der Waals surface area contributed by atoms with Gasteiger partial charge in [0.1, 0.15) is 0 Å². The summed E-state index contributed by atoms with van der Waals surface area (Å²) < 4.78 is 1.36. The molecule has 0 N–H and O–H groups in total. The fourth-order valence-corrected chi connectivity index (χ4v) is 36.4. The Kier molecular flexibility index (Phi) is 4.54. The Morgan fingerprint density at radius 2 is 1.15 bits per heavy atom. The van der Waals surface area contributed by atoms with Crippen molar-refractivity contribution in [3.63, 3.8) is 0 Å². The molecule has 0 aliphatic heterocycles. The zero-order valence-electron chi connectivity index (χ0n) is 16.6. The van der Waals surface area contributed by atoms with Crippen molar-refractivity contribution in [2.45, 2.75) is 44.8 Å². The molecule has 0 radical (unpaired) electrons. The molecule has 2 atom stereocenters. The molecule has 2 heteroatoms. The van der Waals surface area contributed by atoms with Gasteiger partial charge in [0.15, 0.2) is 0 Å². The van der Waals surface area contributed by atoms with E-state index in [0.717, 1.165) is 0 Å². The van der Waals surface area contributed by atoms with Crippen LogP contribution in [-0.4, -0.2) is 6.66 Å². The first-order valence-electron chi connectivity index (χ1n) is 10.2. The Balaban J connectivity index is 1.94. The van der Waals surface area contributed by atoms with Crippen molar-refractivity contribution in [1.29, 1.82) is 0 Å². The maximum atomic E-state index is 2.81. The minimum absolute atomic E-state index is 0.681. The molecule has 2 unspecified atom stereocenters.